The summed E-state index contributed by atoms with van der Waals surface area (Å²) in [5.74, 6) is -3.13. The largest absolute Gasteiger partial charge is 0.337 e. The van der Waals surface area contributed by atoms with Crippen LogP contribution in [-0.4, -0.2) is 31.2 Å². The summed E-state index contributed by atoms with van der Waals surface area (Å²) >= 11 is 0. The molecule has 0 spiro atoms. The molecule has 0 bridgehead atoms. The van der Waals surface area contributed by atoms with E-state index in [0.29, 0.717) is 46.2 Å². The molecule has 0 saturated heterocycles. The normalized spacial score (nSPS) is 12.5. The van der Waals surface area contributed by atoms with E-state index in [1.54, 1.807) is 41.8 Å². The number of hydrogen-bond acceptors (Lipinski definition) is 4. The van der Waals surface area contributed by atoms with Crippen LogP contribution in [-0.2, 0) is 23.3 Å². The lowest BCUT2D eigenvalue weighted by atomic mass is 10.0. The van der Waals surface area contributed by atoms with Gasteiger partial charge in [-0.25, -0.2) is 14.0 Å². The summed E-state index contributed by atoms with van der Waals surface area (Å²) in [4.78, 5) is 21.2. The molecule has 1 atom stereocenters. The lowest BCUT2D eigenvalue weighted by Crippen LogP contribution is -2.37. The number of fused-ring (bicyclic) bond motifs is 1. The van der Waals surface area contributed by atoms with Gasteiger partial charge in [-0.3, -0.25) is 14.1 Å². The van der Waals surface area contributed by atoms with Crippen molar-refractivity contribution in [3.8, 4) is 11.3 Å². The summed E-state index contributed by atoms with van der Waals surface area (Å²) in [5.41, 5.74) is 4.26. The number of carbonyl (C=O) groups is 1. The predicted octanol–water partition coefficient (Wildman–Crippen LogP) is 5.00. The van der Waals surface area contributed by atoms with Crippen LogP contribution in [0.2, 0.25) is 0 Å². The van der Waals surface area contributed by atoms with Crippen molar-refractivity contribution in [2.45, 2.75) is 44.9 Å². The Hall–Kier alpha value is -3.66. The number of aryl methyl sites for hydroxylation is 3. The second-order valence-corrected chi connectivity index (χ2v) is 9.96. The van der Waals surface area contributed by atoms with Gasteiger partial charge in [0, 0.05) is 25.2 Å². The van der Waals surface area contributed by atoms with Gasteiger partial charge in [0.25, 0.3) is 5.92 Å². The van der Waals surface area contributed by atoms with Gasteiger partial charge in [-0.15, -0.1) is 0 Å². The first-order chi connectivity index (χ1) is 17.0. The molecule has 2 amide bonds. The summed E-state index contributed by atoms with van der Waals surface area (Å²) < 4.78 is 45.2. The van der Waals surface area contributed by atoms with Crippen LogP contribution in [0.4, 0.5) is 13.6 Å². The molecule has 4 aromatic rings. The molecule has 1 unspecified atom stereocenters. The van der Waals surface area contributed by atoms with Gasteiger partial charge in [-0.05, 0) is 44.9 Å². The van der Waals surface area contributed by atoms with Gasteiger partial charge in [-0.1, -0.05) is 42.0 Å². The Labute approximate surface area is 210 Å². The third-order valence-corrected chi connectivity index (χ3v) is 6.73. The van der Waals surface area contributed by atoms with Gasteiger partial charge in [0.2, 0.25) is 0 Å². The third-order valence-electron chi connectivity index (χ3n) is 5.66. The maximum atomic E-state index is 14.4. The van der Waals surface area contributed by atoms with E-state index >= 15 is 0 Å². The van der Waals surface area contributed by atoms with E-state index in [9.17, 15) is 17.8 Å². The van der Waals surface area contributed by atoms with Gasteiger partial charge in [0.15, 0.2) is 16.6 Å². The minimum Gasteiger partial charge on any atom is -0.337 e. The Bertz CT molecular complexity index is 1430. The molecule has 0 saturated carbocycles. The summed E-state index contributed by atoms with van der Waals surface area (Å²) in [5, 5.41) is 2.69. The van der Waals surface area contributed by atoms with Crippen LogP contribution < -0.4 is 10.0 Å². The van der Waals surface area contributed by atoms with E-state index in [2.05, 4.69) is 20.0 Å². The number of amides is 2. The fourth-order valence-corrected chi connectivity index (χ4v) is 4.66. The Morgan fingerprint density at radius 3 is 2.33 bits per heavy atom. The monoisotopic (exact) mass is 511 g/mol. The fourth-order valence-electron chi connectivity index (χ4n) is 3.92. The Morgan fingerprint density at radius 2 is 1.69 bits per heavy atom. The molecule has 0 radical (unpaired) electrons. The number of imidazole rings is 1. The molecule has 2 N–H and O–H groups in total. The van der Waals surface area contributed by atoms with Crippen molar-refractivity contribution in [1.82, 2.24) is 24.4 Å². The van der Waals surface area contributed by atoms with Crippen molar-refractivity contribution in [3.63, 3.8) is 0 Å². The van der Waals surface area contributed by atoms with Crippen LogP contribution in [0.25, 0.3) is 16.9 Å². The topological polar surface area (TPSA) is 88.4 Å². The third kappa shape index (κ3) is 5.59. The van der Waals surface area contributed by atoms with E-state index in [1.165, 1.54) is 0 Å². The molecule has 36 heavy (non-hydrogen) atoms. The molecule has 0 aliphatic carbocycles. The lowest BCUT2D eigenvalue weighted by molar-refractivity contribution is 0.0139. The van der Waals surface area contributed by atoms with Crippen molar-refractivity contribution in [1.29, 1.82) is 0 Å². The van der Waals surface area contributed by atoms with Gasteiger partial charge < -0.3 is 5.32 Å². The average Bonchev–Trinajstić information content (AvgIpc) is 3.20. The maximum Gasteiger partial charge on any atom is 0.326 e. The summed E-state index contributed by atoms with van der Waals surface area (Å²) in [6.07, 6.45) is 2.22. The zero-order valence-corrected chi connectivity index (χ0v) is 21.2. The SMILES string of the molecule is Cc1ccc(S(=O)NC(=O)NCCc2ccc(-c3c(C(C)(F)F)nc4c(C)nc(C)cn34)cc2)cc1. The molecule has 2 heterocycles. The molecule has 2 aromatic carbocycles. The molecular weight excluding hydrogens is 484 g/mol. The lowest BCUT2D eigenvalue weighted by Gasteiger charge is -2.12. The standard InChI is InChI=1S/C26H27F2N5O2S/c1-16-5-11-21(12-6-16)36(35)32-25(34)29-14-13-19-7-9-20(10-8-19)22-23(26(4,27)28)31-24-18(3)30-17(2)15-33(22)24/h5-12,15H,13-14H2,1-4H3,(H2,29,32,34). The van der Waals surface area contributed by atoms with Crippen molar-refractivity contribution >= 4 is 22.7 Å². The highest BCUT2D eigenvalue weighted by Gasteiger charge is 2.33. The molecule has 188 valence electrons. The second kappa shape index (κ2) is 10.1. The van der Waals surface area contributed by atoms with Crippen LogP contribution in [0.5, 0.6) is 0 Å². The number of halogens is 2. The Kier molecular flexibility index (Phi) is 7.16. The number of hydrogen-bond donors (Lipinski definition) is 2. The fraction of sp³-hybridized carbons (Fsp3) is 0.269. The zero-order valence-electron chi connectivity index (χ0n) is 20.4. The number of alkyl halides is 2. The predicted molar refractivity (Wildman–Crippen MR) is 135 cm³/mol. The summed E-state index contributed by atoms with van der Waals surface area (Å²) in [6, 6.07) is 13.7. The number of carbonyl (C=O) groups excluding carboxylic acids is 1. The van der Waals surface area contributed by atoms with Gasteiger partial charge >= 0.3 is 6.03 Å². The minimum atomic E-state index is -3.13. The van der Waals surface area contributed by atoms with Crippen molar-refractivity contribution in [3.05, 3.63) is 82.9 Å². The van der Waals surface area contributed by atoms with Gasteiger partial charge in [0.05, 0.1) is 22.0 Å². The van der Waals surface area contributed by atoms with E-state index in [1.807, 2.05) is 38.1 Å². The number of rotatable bonds is 7. The first-order valence-corrected chi connectivity index (χ1v) is 12.5. The molecule has 4 rings (SSSR count). The number of nitrogens with zero attached hydrogens (tertiary/aromatic N) is 3. The highest BCUT2D eigenvalue weighted by Crippen LogP contribution is 2.36. The first kappa shape index (κ1) is 25.4. The van der Waals surface area contributed by atoms with Crippen LogP contribution in [0.15, 0.2) is 59.6 Å². The minimum absolute atomic E-state index is 0.300. The van der Waals surface area contributed by atoms with Crippen LogP contribution in [0, 0.1) is 20.8 Å². The first-order valence-electron chi connectivity index (χ1n) is 11.4. The van der Waals surface area contributed by atoms with E-state index in [4.69, 9.17) is 0 Å². The van der Waals surface area contributed by atoms with Crippen LogP contribution >= 0.6 is 0 Å². The zero-order chi connectivity index (χ0) is 26.0. The Balaban J connectivity index is 1.44. The smallest absolute Gasteiger partial charge is 0.326 e. The second-order valence-electron chi connectivity index (χ2n) is 8.75. The van der Waals surface area contributed by atoms with Crippen molar-refractivity contribution in [2.75, 3.05) is 6.54 Å². The average molecular weight is 512 g/mol. The number of urea groups is 1. The van der Waals surface area contributed by atoms with Crippen LogP contribution in [0.3, 0.4) is 0 Å². The number of aromatic nitrogens is 3. The summed E-state index contributed by atoms with van der Waals surface area (Å²) in [6.45, 7) is 6.63. The number of nitrogens with one attached hydrogen (secondary N) is 2. The highest BCUT2D eigenvalue weighted by atomic mass is 32.2. The molecule has 10 heteroatoms. The molecular formula is C26H27F2N5O2S. The van der Waals surface area contributed by atoms with Gasteiger partial charge in [-0.2, -0.15) is 8.78 Å². The highest BCUT2D eigenvalue weighted by molar-refractivity contribution is 7.83. The van der Waals surface area contributed by atoms with Crippen molar-refractivity contribution in [2.24, 2.45) is 0 Å². The maximum absolute atomic E-state index is 14.4. The molecule has 2 aromatic heterocycles. The number of benzene rings is 2. The molecule has 0 aliphatic rings. The molecule has 0 fully saturated rings. The van der Waals surface area contributed by atoms with Gasteiger partial charge in [0.1, 0.15) is 5.69 Å². The Morgan fingerprint density at radius 1 is 1.03 bits per heavy atom. The summed E-state index contributed by atoms with van der Waals surface area (Å²) in [7, 11) is -1.65. The van der Waals surface area contributed by atoms with E-state index in [0.717, 1.165) is 18.1 Å². The molecule has 0 aliphatic heterocycles. The van der Waals surface area contributed by atoms with Crippen LogP contribution in [0.1, 0.15) is 35.1 Å². The van der Waals surface area contributed by atoms with E-state index in [-0.39, 0.29) is 5.69 Å². The van der Waals surface area contributed by atoms with Crippen molar-refractivity contribution < 1.29 is 17.8 Å². The van der Waals surface area contributed by atoms with E-state index < -0.39 is 22.9 Å². The quantitative estimate of drug-likeness (QED) is 0.366. The molecule has 7 nitrogen and oxygen atoms in total.